The molecule has 0 atom stereocenters. The van der Waals surface area contributed by atoms with Crippen molar-refractivity contribution in [3.05, 3.63) is 35.9 Å². The molecule has 0 fully saturated rings. The Morgan fingerprint density at radius 3 is 1.54 bits per heavy atom. The second-order valence-corrected chi connectivity index (χ2v) is 1.64. The van der Waals surface area contributed by atoms with Gasteiger partial charge in [-0.2, -0.15) is 4.39 Å². The number of halogens is 5. The average Bonchev–Trinajstić information content (AvgIpc) is 1.90. The minimum absolute atomic E-state index is 0. The van der Waals surface area contributed by atoms with Crippen LogP contribution in [0, 0.1) is 0 Å². The molecule has 0 saturated heterocycles. The molecule has 1 aromatic carbocycles. The van der Waals surface area contributed by atoms with Crippen molar-refractivity contribution in [1.29, 1.82) is 0 Å². The van der Waals surface area contributed by atoms with Crippen LogP contribution in [0.25, 0.3) is 0 Å². The van der Waals surface area contributed by atoms with Gasteiger partial charge < -0.3 is 0 Å². The van der Waals surface area contributed by atoms with Crippen molar-refractivity contribution in [3.63, 3.8) is 0 Å². The fourth-order valence-corrected chi connectivity index (χ4v) is 0.569. The molecule has 78 valence electrons. The first-order chi connectivity index (χ1) is 4.30. The second-order valence-electron chi connectivity index (χ2n) is 1.64. The van der Waals surface area contributed by atoms with E-state index in [2.05, 4.69) is 0 Å². The zero-order chi connectivity index (χ0) is 6.69. The van der Waals surface area contributed by atoms with E-state index in [4.69, 9.17) is 0 Å². The van der Waals surface area contributed by atoms with E-state index < -0.39 is 6.04 Å². The zero-order valence-electron chi connectivity index (χ0n) is 6.31. The lowest BCUT2D eigenvalue weighted by Crippen LogP contribution is -1.86. The van der Waals surface area contributed by atoms with Gasteiger partial charge in [-0.1, -0.05) is 18.2 Å². The van der Waals surface area contributed by atoms with E-state index in [0.29, 0.717) is 0 Å². The molecule has 0 radical (unpaired) electrons. The monoisotopic (exact) mass is 204 g/mol. The molecule has 0 amide bonds. The van der Waals surface area contributed by atoms with Crippen molar-refractivity contribution >= 4 is 6.04 Å². The van der Waals surface area contributed by atoms with Crippen molar-refractivity contribution < 1.29 is 28.0 Å². The molecule has 1 aromatic rings. The topological polar surface area (TPSA) is 17.1 Å². The molecule has 0 N–H and O–H groups in total. The predicted octanol–water partition coefficient (Wildman–Crippen LogP) is 2.41. The Bertz CT molecular complexity index is 213. The molecule has 0 saturated carbocycles. The lowest BCUT2D eigenvalue weighted by molar-refractivity contribution is 0.0836. The Labute approximate surface area is 71.0 Å². The van der Waals surface area contributed by atoms with E-state index in [9.17, 15) is 9.18 Å². The van der Waals surface area contributed by atoms with Crippen LogP contribution in [0.5, 0.6) is 0 Å². The van der Waals surface area contributed by atoms with E-state index in [1.54, 1.807) is 18.2 Å². The van der Waals surface area contributed by atoms with Gasteiger partial charge in [-0.05, 0) is 12.1 Å². The summed E-state index contributed by atoms with van der Waals surface area (Å²) in [5.74, 6) is 0. The number of hydrogen-bond acceptors (Lipinski definition) is 1. The van der Waals surface area contributed by atoms with Gasteiger partial charge in [-0.3, -0.25) is 23.6 Å². The van der Waals surface area contributed by atoms with Crippen molar-refractivity contribution in [2.45, 2.75) is 0 Å². The van der Waals surface area contributed by atoms with Crippen LogP contribution in [0.15, 0.2) is 30.3 Å². The third kappa shape index (κ3) is 6.92. The maximum atomic E-state index is 11.8. The van der Waals surface area contributed by atoms with Gasteiger partial charge in [0.15, 0.2) is 0 Å². The van der Waals surface area contributed by atoms with Crippen LogP contribution in [0.3, 0.4) is 0 Å². The van der Waals surface area contributed by atoms with Gasteiger partial charge >= 0.3 is 6.04 Å². The fraction of sp³-hybridized carbons (Fsp3) is 0. The van der Waals surface area contributed by atoms with Crippen LogP contribution >= 0.6 is 0 Å². The van der Waals surface area contributed by atoms with Crippen molar-refractivity contribution in [2.75, 3.05) is 0 Å². The Balaban J connectivity index is -0.000000101. The van der Waals surface area contributed by atoms with E-state index >= 15 is 0 Å². The number of benzene rings is 1. The second kappa shape index (κ2) is 10.5. The highest BCUT2D eigenvalue weighted by atomic mass is 19.1. The minimum Gasteiger partial charge on any atom is -0.269 e. The van der Waals surface area contributed by atoms with Crippen LogP contribution in [-0.2, 0) is 0 Å². The van der Waals surface area contributed by atoms with E-state index in [-0.39, 0.29) is 24.4 Å². The maximum absolute atomic E-state index is 11.8. The van der Waals surface area contributed by atoms with Gasteiger partial charge in [-0.15, -0.1) is 0 Å². The molecule has 0 aromatic heterocycles. The first-order valence-electron chi connectivity index (χ1n) is 2.55. The van der Waals surface area contributed by atoms with Gasteiger partial charge in [0.2, 0.25) is 0 Å². The Morgan fingerprint density at radius 1 is 0.923 bits per heavy atom. The van der Waals surface area contributed by atoms with Gasteiger partial charge in [-0.25, -0.2) is 0 Å². The van der Waals surface area contributed by atoms with E-state index in [1.165, 1.54) is 12.1 Å². The minimum atomic E-state index is -1.38. The summed E-state index contributed by atoms with van der Waals surface area (Å²) in [5.41, 5.74) is 0.109. The smallest absolute Gasteiger partial charge is 0.269 e. The molecule has 0 aliphatic rings. The number of carbonyl (C=O) groups excluding carboxylic acids is 1. The molecule has 1 nitrogen and oxygen atoms in total. The lowest BCUT2D eigenvalue weighted by Gasteiger charge is -1.86. The molecular formula is C7H9F5O. The SMILES string of the molecule is F.F.F.F.O=C(F)c1ccccc1. The first kappa shape index (κ1) is 22.5. The number of rotatable bonds is 1. The Morgan fingerprint density at radius 2 is 1.31 bits per heavy atom. The Kier molecular flexibility index (Phi) is 18.3. The summed E-state index contributed by atoms with van der Waals surface area (Å²) in [6.07, 6.45) is 0. The van der Waals surface area contributed by atoms with Crippen LogP contribution in [0.4, 0.5) is 23.2 Å². The van der Waals surface area contributed by atoms with Gasteiger partial charge in [0, 0.05) is 0 Å². The Hall–Kier alpha value is -1.46. The van der Waals surface area contributed by atoms with Crippen molar-refractivity contribution in [1.82, 2.24) is 0 Å². The van der Waals surface area contributed by atoms with Crippen molar-refractivity contribution in [2.24, 2.45) is 0 Å². The molecule has 6 heteroatoms. The highest BCUT2D eigenvalue weighted by Crippen LogP contribution is 1.98. The molecule has 0 heterocycles. The van der Waals surface area contributed by atoms with Crippen LogP contribution in [-0.4, -0.2) is 6.04 Å². The third-order valence-electron chi connectivity index (χ3n) is 1.00. The van der Waals surface area contributed by atoms with Crippen molar-refractivity contribution in [3.8, 4) is 0 Å². The summed E-state index contributed by atoms with van der Waals surface area (Å²) in [7, 11) is 0. The summed E-state index contributed by atoms with van der Waals surface area (Å²) in [6, 6.07) is 6.45. The highest BCUT2D eigenvalue weighted by Gasteiger charge is 1.98. The quantitative estimate of drug-likeness (QED) is 0.507. The number of hydrogen-bond donors (Lipinski definition) is 0. The molecule has 0 aliphatic carbocycles. The molecule has 0 spiro atoms. The molecule has 0 aliphatic heterocycles. The summed E-state index contributed by atoms with van der Waals surface area (Å²) < 4.78 is 11.8. The highest BCUT2D eigenvalue weighted by molar-refractivity contribution is 5.88. The van der Waals surface area contributed by atoms with Crippen LogP contribution in [0.1, 0.15) is 10.4 Å². The standard InChI is InChI=1S/C7H5FO.4FH/c8-7(9)6-4-2-1-3-5-6;;;;/h1-5H;4*1H. The summed E-state index contributed by atoms with van der Waals surface area (Å²) in [6.45, 7) is 0. The predicted molar refractivity (Wildman–Crippen MR) is 41.9 cm³/mol. The molecule has 0 unspecified atom stereocenters. The zero-order valence-corrected chi connectivity index (χ0v) is 6.31. The summed E-state index contributed by atoms with van der Waals surface area (Å²) in [4.78, 5) is 9.98. The average molecular weight is 204 g/mol. The summed E-state index contributed by atoms with van der Waals surface area (Å²) >= 11 is 0. The number of carbonyl (C=O) groups is 1. The van der Waals surface area contributed by atoms with E-state index in [1.807, 2.05) is 0 Å². The fourth-order valence-electron chi connectivity index (χ4n) is 0.569. The van der Waals surface area contributed by atoms with Crippen LogP contribution < -0.4 is 0 Å². The molecule has 0 bridgehead atoms. The van der Waals surface area contributed by atoms with Gasteiger partial charge in [0.25, 0.3) is 0 Å². The molecule has 13 heavy (non-hydrogen) atoms. The first-order valence-corrected chi connectivity index (χ1v) is 2.55. The van der Waals surface area contributed by atoms with Gasteiger partial charge in [0.1, 0.15) is 0 Å². The third-order valence-corrected chi connectivity index (χ3v) is 1.00. The lowest BCUT2D eigenvalue weighted by atomic mass is 10.2. The van der Waals surface area contributed by atoms with Gasteiger partial charge in [0.05, 0.1) is 5.56 Å². The molecule has 1 rings (SSSR count). The summed E-state index contributed by atoms with van der Waals surface area (Å²) in [5, 5.41) is 0. The molecular weight excluding hydrogens is 195 g/mol. The van der Waals surface area contributed by atoms with E-state index in [0.717, 1.165) is 0 Å². The maximum Gasteiger partial charge on any atom is 0.332 e. The van der Waals surface area contributed by atoms with Crippen LogP contribution in [0.2, 0.25) is 0 Å². The normalized spacial score (nSPS) is 6.23. The largest absolute Gasteiger partial charge is 0.332 e.